The molecule has 1 N–H and O–H groups in total. The molecule has 2 saturated heterocycles. The smallest absolute Gasteiger partial charge is 0.312 e. The van der Waals surface area contributed by atoms with Gasteiger partial charge >= 0.3 is 5.97 Å². The van der Waals surface area contributed by atoms with E-state index in [1.165, 1.54) is 0 Å². The zero-order valence-corrected chi connectivity index (χ0v) is 20.1. The van der Waals surface area contributed by atoms with E-state index < -0.39 is 35.6 Å². The van der Waals surface area contributed by atoms with E-state index in [1.54, 1.807) is 34.1 Å². The summed E-state index contributed by atoms with van der Waals surface area (Å²) in [5.74, 6) is -2.74. The van der Waals surface area contributed by atoms with E-state index in [0.29, 0.717) is 42.9 Å². The maximum absolute atomic E-state index is 14.2. The molecule has 4 aliphatic rings. The number of likely N-dealkylation sites (tertiary alicyclic amines) is 1. The number of para-hydroxylation sites is 1. The van der Waals surface area contributed by atoms with E-state index >= 15 is 0 Å². The first-order valence-corrected chi connectivity index (χ1v) is 12.5. The minimum atomic E-state index is -1.29. The average Bonchev–Trinajstić information content (AvgIpc) is 3.21. The number of aliphatic hydroxyl groups excluding tert-OH is 1. The highest BCUT2D eigenvalue weighted by molar-refractivity contribution is 6.34. The highest BCUT2D eigenvalue weighted by Crippen LogP contribution is 2.53. The summed E-state index contributed by atoms with van der Waals surface area (Å²) in [6, 6.07) is 6.15. The zero-order chi connectivity index (χ0) is 24.6. The summed E-state index contributed by atoms with van der Waals surface area (Å²) in [5.41, 5.74) is -0.732. The number of anilines is 1. The van der Waals surface area contributed by atoms with Crippen molar-refractivity contribution < 1.29 is 29.0 Å². The molecular formula is C26H29ClN2O6. The van der Waals surface area contributed by atoms with Crippen molar-refractivity contribution in [3.8, 4) is 0 Å². The van der Waals surface area contributed by atoms with Crippen molar-refractivity contribution in [3.05, 3.63) is 53.6 Å². The van der Waals surface area contributed by atoms with Gasteiger partial charge in [0.15, 0.2) is 0 Å². The van der Waals surface area contributed by atoms with Gasteiger partial charge < -0.3 is 24.4 Å². The van der Waals surface area contributed by atoms with E-state index in [1.807, 2.05) is 24.3 Å². The third-order valence-electron chi connectivity index (χ3n) is 7.32. The van der Waals surface area contributed by atoms with Gasteiger partial charge in [-0.25, -0.2) is 0 Å². The topological polar surface area (TPSA) is 96.4 Å². The first-order chi connectivity index (χ1) is 17.0. The van der Waals surface area contributed by atoms with Gasteiger partial charge in [0.1, 0.15) is 17.6 Å². The van der Waals surface area contributed by atoms with Gasteiger partial charge in [-0.1, -0.05) is 48.0 Å². The molecule has 0 saturated carbocycles. The van der Waals surface area contributed by atoms with Crippen molar-refractivity contribution in [2.24, 2.45) is 11.8 Å². The van der Waals surface area contributed by atoms with Gasteiger partial charge in [-0.2, -0.15) is 0 Å². The number of benzene rings is 1. The summed E-state index contributed by atoms with van der Waals surface area (Å²) in [6.07, 6.45) is 9.20. The van der Waals surface area contributed by atoms with Crippen LogP contribution in [-0.2, 0) is 23.9 Å². The van der Waals surface area contributed by atoms with Crippen molar-refractivity contribution in [1.29, 1.82) is 0 Å². The predicted octanol–water partition coefficient (Wildman–Crippen LogP) is 2.49. The molecular weight excluding hydrogens is 472 g/mol. The van der Waals surface area contributed by atoms with E-state index in [2.05, 4.69) is 0 Å². The molecule has 1 aromatic rings. The van der Waals surface area contributed by atoms with Crippen molar-refractivity contribution in [2.75, 3.05) is 31.2 Å². The van der Waals surface area contributed by atoms with E-state index in [4.69, 9.17) is 26.2 Å². The predicted molar refractivity (Wildman–Crippen MR) is 129 cm³/mol. The van der Waals surface area contributed by atoms with Crippen molar-refractivity contribution >= 4 is 35.1 Å². The Morgan fingerprint density at radius 3 is 2.71 bits per heavy atom. The molecule has 0 radical (unpaired) electrons. The minimum absolute atomic E-state index is 0.0664. The van der Waals surface area contributed by atoms with Crippen molar-refractivity contribution in [2.45, 2.75) is 43.4 Å². The number of fused-ring (bicyclic) bond motifs is 2. The lowest BCUT2D eigenvalue weighted by molar-refractivity contribution is -0.154. The molecule has 1 aromatic carbocycles. The Morgan fingerprint density at radius 2 is 1.91 bits per heavy atom. The van der Waals surface area contributed by atoms with E-state index in [9.17, 15) is 14.4 Å². The normalized spacial score (nSPS) is 32.0. The number of nitrogens with zero attached hydrogens (tertiary/aromatic N) is 2. The Kier molecular flexibility index (Phi) is 6.70. The van der Waals surface area contributed by atoms with E-state index in [-0.39, 0.29) is 31.6 Å². The third-order valence-corrected chi connectivity index (χ3v) is 7.64. The summed E-state index contributed by atoms with van der Waals surface area (Å²) in [7, 11) is 0. The molecule has 0 aromatic heterocycles. The van der Waals surface area contributed by atoms with Crippen LogP contribution in [0, 0.1) is 11.8 Å². The van der Waals surface area contributed by atoms with Crippen LogP contribution in [0.4, 0.5) is 5.69 Å². The fraction of sp³-hybridized carbons (Fsp3) is 0.500. The van der Waals surface area contributed by atoms with Crippen LogP contribution in [0.25, 0.3) is 0 Å². The highest BCUT2D eigenvalue weighted by Gasteiger charge is 2.71. The first-order valence-electron chi connectivity index (χ1n) is 12.2. The number of halogens is 1. The minimum Gasteiger partial charge on any atom is -0.465 e. The van der Waals surface area contributed by atoms with Crippen molar-refractivity contribution in [1.82, 2.24) is 4.90 Å². The Labute approximate surface area is 209 Å². The van der Waals surface area contributed by atoms with Crippen LogP contribution in [0.15, 0.2) is 48.6 Å². The lowest BCUT2D eigenvalue weighted by Crippen LogP contribution is -2.55. The number of esters is 1. The zero-order valence-electron chi connectivity index (χ0n) is 19.3. The number of hydrogen-bond donors (Lipinski definition) is 1. The molecule has 2 fully saturated rings. The third kappa shape index (κ3) is 3.97. The quantitative estimate of drug-likeness (QED) is 0.366. The van der Waals surface area contributed by atoms with Crippen molar-refractivity contribution in [3.63, 3.8) is 0 Å². The number of aliphatic hydroxyl groups is 1. The van der Waals surface area contributed by atoms with Gasteiger partial charge in [0.25, 0.3) is 5.91 Å². The highest BCUT2D eigenvalue weighted by atomic mass is 35.5. The van der Waals surface area contributed by atoms with Crippen LogP contribution in [0.3, 0.4) is 0 Å². The summed E-state index contributed by atoms with van der Waals surface area (Å²) < 4.78 is 12.0. The van der Waals surface area contributed by atoms with Crippen LogP contribution in [0.5, 0.6) is 0 Å². The van der Waals surface area contributed by atoms with Crippen LogP contribution in [0.1, 0.15) is 25.7 Å². The molecule has 4 heterocycles. The SMILES string of the molecule is O=C1OCCC=C[C@@H]2O[C@]34C=CCN(c5ccccc5Cl)C(=O)C3N(CCCCCO)C(=O)[C@@H]4[C@H]12. The number of hydrogen-bond acceptors (Lipinski definition) is 6. The number of carbonyl (C=O) groups excluding carboxylic acids is 3. The Balaban J connectivity index is 1.57. The number of carbonyl (C=O) groups is 3. The molecule has 1 spiro atoms. The monoisotopic (exact) mass is 500 g/mol. The standard InChI is InChI=1S/C26H29ClN2O6/c27-17-9-2-3-10-18(17)28-14-8-12-26-21(20-19(35-26)11-4-7-16-34-25(20)33)23(31)29(22(26)24(28)32)13-5-1-6-15-30/h2-4,8-12,19-22,30H,1,5-7,13-16H2/t19-,20+,21-,22?,26-/m0/s1. The van der Waals surface area contributed by atoms with Gasteiger partial charge in [0.2, 0.25) is 5.91 Å². The number of unbranched alkanes of at least 4 members (excludes halogenated alkanes) is 2. The Morgan fingerprint density at radius 1 is 1.09 bits per heavy atom. The van der Waals surface area contributed by atoms with E-state index in [0.717, 1.165) is 0 Å². The second-order valence-corrected chi connectivity index (χ2v) is 9.75. The maximum atomic E-state index is 14.2. The molecule has 5 atom stereocenters. The Hall–Kier alpha value is -2.68. The second-order valence-electron chi connectivity index (χ2n) is 9.34. The fourth-order valence-corrected chi connectivity index (χ4v) is 6.04. The van der Waals surface area contributed by atoms with Gasteiger partial charge in [-0.15, -0.1) is 0 Å². The molecule has 35 heavy (non-hydrogen) atoms. The maximum Gasteiger partial charge on any atom is 0.312 e. The largest absolute Gasteiger partial charge is 0.465 e. The van der Waals surface area contributed by atoms with Gasteiger partial charge in [-0.05, 0) is 37.8 Å². The van der Waals surface area contributed by atoms with Gasteiger partial charge in [-0.3, -0.25) is 14.4 Å². The Bertz CT molecular complexity index is 1070. The van der Waals surface area contributed by atoms with Gasteiger partial charge in [0.05, 0.1) is 29.3 Å². The summed E-state index contributed by atoms with van der Waals surface area (Å²) in [5, 5.41) is 9.59. The van der Waals surface area contributed by atoms with Crippen LogP contribution >= 0.6 is 11.6 Å². The summed E-state index contributed by atoms with van der Waals surface area (Å²) in [4.78, 5) is 44.3. The molecule has 186 valence electrons. The molecule has 0 bridgehead atoms. The van der Waals surface area contributed by atoms with Crippen LogP contribution in [-0.4, -0.2) is 71.8 Å². The molecule has 9 heteroatoms. The summed E-state index contributed by atoms with van der Waals surface area (Å²) >= 11 is 6.44. The molecule has 0 aliphatic carbocycles. The van der Waals surface area contributed by atoms with Crippen LogP contribution < -0.4 is 4.90 Å². The molecule has 1 unspecified atom stereocenters. The molecule has 5 rings (SSSR count). The second kappa shape index (κ2) is 9.76. The lowest BCUT2D eigenvalue weighted by Gasteiger charge is -2.35. The average molecular weight is 501 g/mol. The number of amides is 2. The number of rotatable bonds is 6. The molecule has 4 aliphatic heterocycles. The number of ether oxygens (including phenoxy) is 2. The molecule has 8 nitrogen and oxygen atoms in total. The first kappa shape index (κ1) is 24.0. The van der Waals surface area contributed by atoms with Crippen LogP contribution in [0.2, 0.25) is 5.02 Å². The fourth-order valence-electron chi connectivity index (χ4n) is 5.80. The van der Waals surface area contributed by atoms with Gasteiger partial charge in [0, 0.05) is 19.7 Å². The number of cyclic esters (lactones) is 1. The molecule has 2 amide bonds. The summed E-state index contributed by atoms with van der Waals surface area (Å²) in [6.45, 7) is 0.898. The lowest BCUT2D eigenvalue weighted by atomic mass is 9.77.